The van der Waals surface area contributed by atoms with Crippen LogP contribution >= 0.6 is 0 Å². The number of carbonyl (C=O) groups excluding carboxylic acids is 1. The molecule has 1 fully saturated rings. The van der Waals surface area contributed by atoms with Gasteiger partial charge in [0.25, 0.3) is 6.47 Å². The molecule has 72 valence electrons. The van der Waals surface area contributed by atoms with E-state index in [4.69, 9.17) is 4.74 Å². The molecule has 0 bridgehead atoms. The van der Waals surface area contributed by atoms with E-state index in [2.05, 4.69) is 5.32 Å². The molecule has 1 rings (SSSR count). The van der Waals surface area contributed by atoms with Crippen LogP contribution in [0.2, 0.25) is 0 Å². The van der Waals surface area contributed by atoms with Crippen molar-refractivity contribution < 1.29 is 9.53 Å². The van der Waals surface area contributed by atoms with Crippen molar-refractivity contribution in [3.8, 4) is 0 Å². The minimum atomic E-state index is 0.113. The third-order valence-corrected chi connectivity index (χ3v) is 2.05. The third kappa shape index (κ3) is 3.22. The van der Waals surface area contributed by atoms with Gasteiger partial charge in [0.2, 0.25) is 0 Å². The van der Waals surface area contributed by atoms with Crippen LogP contribution in [0, 0.1) is 0 Å². The molecule has 0 amide bonds. The van der Waals surface area contributed by atoms with Gasteiger partial charge in [-0.2, -0.15) is 0 Å². The Morgan fingerprint density at radius 2 is 2.08 bits per heavy atom. The first-order chi connectivity index (χ1) is 5.88. The van der Waals surface area contributed by atoms with E-state index in [1.54, 1.807) is 0 Å². The van der Waals surface area contributed by atoms with E-state index in [-0.39, 0.29) is 6.10 Å². The highest BCUT2D eigenvalue weighted by atomic mass is 16.5. The third-order valence-electron chi connectivity index (χ3n) is 2.05. The molecule has 0 aliphatic heterocycles. The Labute approximate surface area is 74.5 Å². The highest BCUT2D eigenvalue weighted by Gasteiger charge is 2.26. The number of hydrogen-bond donors (Lipinski definition) is 1. The van der Waals surface area contributed by atoms with Gasteiger partial charge in [-0.25, -0.2) is 0 Å². The Hall–Kier alpha value is -0.570. The largest absolute Gasteiger partial charge is 0.463 e. The van der Waals surface area contributed by atoms with Crippen LogP contribution < -0.4 is 5.32 Å². The van der Waals surface area contributed by atoms with Gasteiger partial charge in [-0.05, 0) is 26.3 Å². The van der Waals surface area contributed by atoms with Gasteiger partial charge in [-0.1, -0.05) is 13.8 Å². The van der Waals surface area contributed by atoms with E-state index in [0.29, 0.717) is 12.5 Å². The van der Waals surface area contributed by atoms with Crippen molar-refractivity contribution in [2.45, 2.75) is 45.3 Å². The number of ether oxygens (including phenoxy) is 1. The predicted molar refractivity (Wildman–Crippen MR) is 49.0 cm³/mol. The summed E-state index contributed by atoms with van der Waals surface area (Å²) in [5.41, 5.74) is 0. The van der Waals surface area contributed by atoms with Crippen LogP contribution in [-0.2, 0) is 9.53 Å². The highest BCUT2D eigenvalue weighted by molar-refractivity contribution is 5.37. The quantitative estimate of drug-likeness (QED) is 0.654. The minimum absolute atomic E-state index is 0.113. The standard InChI is InChI=1S/C7H13NO2.C2H6/c1-8-6-3-2-4-7(6)10-5-9;1-2/h5-8H,2-4H2,1H3;1-2H3. The molecule has 0 aromatic heterocycles. The lowest BCUT2D eigenvalue weighted by atomic mass is 10.2. The summed E-state index contributed by atoms with van der Waals surface area (Å²) in [4.78, 5) is 9.97. The molecule has 0 spiro atoms. The molecular weight excluding hydrogens is 154 g/mol. The van der Waals surface area contributed by atoms with Crippen molar-refractivity contribution in [3.63, 3.8) is 0 Å². The molecule has 12 heavy (non-hydrogen) atoms. The zero-order valence-corrected chi connectivity index (χ0v) is 8.17. The summed E-state index contributed by atoms with van der Waals surface area (Å²) in [6, 6.07) is 0.380. The van der Waals surface area contributed by atoms with E-state index in [1.807, 2.05) is 20.9 Å². The van der Waals surface area contributed by atoms with Crippen LogP contribution in [-0.4, -0.2) is 25.7 Å². The molecule has 1 aliphatic rings. The average Bonchev–Trinajstić information content (AvgIpc) is 2.56. The zero-order chi connectivity index (χ0) is 9.40. The normalized spacial score (nSPS) is 27.2. The summed E-state index contributed by atoms with van der Waals surface area (Å²) in [6.45, 7) is 4.54. The maximum absolute atomic E-state index is 9.97. The van der Waals surface area contributed by atoms with Crippen LogP contribution in [0.4, 0.5) is 0 Å². The topological polar surface area (TPSA) is 38.3 Å². The first kappa shape index (κ1) is 11.4. The van der Waals surface area contributed by atoms with Gasteiger partial charge in [0, 0.05) is 6.04 Å². The number of likely N-dealkylation sites (N-methyl/N-ethyl adjacent to an activating group) is 1. The highest BCUT2D eigenvalue weighted by Crippen LogP contribution is 2.20. The lowest BCUT2D eigenvalue weighted by Crippen LogP contribution is -2.34. The van der Waals surface area contributed by atoms with Crippen LogP contribution in [0.5, 0.6) is 0 Å². The number of carbonyl (C=O) groups is 1. The second-order valence-electron chi connectivity index (χ2n) is 2.60. The van der Waals surface area contributed by atoms with Gasteiger partial charge >= 0.3 is 0 Å². The van der Waals surface area contributed by atoms with Gasteiger partial charge in [0.05, 0.1) is 0 Å². The van der Waals surface area contributed by atoms with Crippen molar-refractivity contribution in [1.82, 2.24) is 5.32 Å². The van der Waals surface area contributed by atoms with Crippen molar-refractivity contribution in [3.05, 3.63) is 0 Å². The molecule has 3 nitrogen and oxygen atoms in total. The van der Waals surface area contributed by atoms with Crippen LogP contribution in [0.1, 0.15) is 33.1 Å². The summed E-state index contributed by atoms with van der Waals surface area (Å²) < 4.78 is 4.86. The van der Waals surface area contributed by atoms with Gasteiger partial charge in [0.1, 0.15) is 6.10 Å². The molecule has 0 heterocycles. The van der Waals surface area contributed by atoms with Gasteiger partial charge in [0.15, 0.2) is 0 Å². The predicted octanol–water partition coefficient (Wildman–Crippen LogP) is 1.33. The lowest BCUT2D eigenvalue weighted by Gasteiger charge is -2.16. The maximum atomic E-state index is 9.97. The molecule has 0 aromatic carbocycles. The Morgan fingerprint density at radius 3 is 2.58 bits per heavy atom. The van der Waals surface area contributed by atoms with Crippen LogP contribution in [0.25, 0.3) is 0 Å². The van der Waals surface area contributed by atoms with Crippen molar-refractivity contribution in [2.75, 3.05) is 7.05 Å². The molecular formula is C9H19NO2. The molecule has 2 atom stereocenters. The zero-order valence-electron chi connectivity index (χ0n) is 8.17. The summed E-state index contributed by atoms with van der Waals surface area (Å²) in [7, 11) is 1.90. The van der Waals surface area contributed by atoms with Gasteiger partial charge in [-0.15, -0.1) is 0 Å². The molecule has 0 radical (unpaired) electrons. The SMILES string of the molecule is CC.CNC1CCCC1OC=O. The van der Waals surface area contributed by atoms with Crippen molar-refractivity contribution in [1.29, 1.82) is 0 Å². The van der Waals surface area contributed by atoms with Crippen molar-refractivity contribution >= 4 is 6.47 Å². The Bertz CT molecular complexity index is 117. The monoisotopic (exact) mass is 173 g/mol. The van der Waals surface area contributed by atoms with Gasteiger partial charge < -0.3 is 10.1 Å². The fourth-order valence-electron chi connectivity index (χ4n) is 1.49. The first-order valence-electron chi connectivity index (χ1n) is 4.65. The van der Waals surface area contributed by atoms with E-state index < -0.39 is 0 Å². The fourth-order valence-corrected chi connectivity index (χ4v) is 1.49. The Balaban J connectivity index is 0.000000561. The van der Waals surface area contributed by atoms with Crippen LogP contribution in [0.3, 0.4) is 0 Å². The average molecular weight is 173 g/mol. The summed E-state index contributed by atoms with van der Waals surface area (Å²) >= 11 is 0. The van der Waals surface area contributed by atoms with Gasteiger partial charge in [-0.3, -0.25) is 4.79 Å². The van der Waals surface area contributed by atoms with E-state index in [9.17, 15) is 4.79 Å². The molecule has 1 aliphatic carbocycles. The smallest absolute Gasteiger partial charge is 0.293 e. The molecule has 3 heteroatoms. The number of rotatable bonds is 3. The van der Waals surface area contributed by atoms with Crippen molar-refractivity contribution in [2.24, 2.45) is 0 Å². The second-order valence-corrected chi connectivity index (χ2v) is 2.60. The Kier molecular flexibility index (Phi) is 6.76. The number of nitrogens with one attached hydrogen (secondary N) is 1. The number of hydrogen-bond acceptors (Lipinski definition) is 3. The lowest BCUT2D eigenvalue weighted by molar-refractivity contribution is -0.134. The molecule has 1 N–H and O–H groups in total. The summed E-state index contributed by atoms with van der Waals surface area (Å²) in [5, 5.41) is 3.11. The second kappa shape index (κ2) is 7.10. The Morgan fingerprint density at radius 1 is 1.42 bits per heavy atom. The van der Waals surface area contributed by atoms with E-state index in [0.717, 1.165) is 19.3 Å². The molecule has 0 saturated heterocycles. The molecule has 0 aromatic rings. The summed E-state index contributed by atoms with van der Waals surface area (Å²) in [6.07, 6.45) is 3.39. The first-order valence-corrected chi connectivity index (χ1v) is 4.65. The fraction of sp³-hybridized carbons (Fsp3) is 0.889. The van der Waals surface area contributed by atoms with E-state index in [1.165, 1.54) is 0 Å². The molecule has 2 unspecified atom stereocenters. The molecule has 1 saturated carbocycles. The minimum Gasteiger partial charge on any atom is -0.463 e. The summed E-state index contributed by atoms with van der Waals surface area (Å²) in [5.74, 6) is 0. The van der Waals surface area contributed by atoms with Crippen LogP contribution in [0.15, 0.2) is 0 Å². The van der Waals surface area contributed by atoms with E-state index >= 15 is 0 Å². The maximum Gasteiger partial charge on any atom is 0.293 e.